The first kappa shape index (κ1) is 17.8. The molecule has 0 aliphatic carbocycles. The van der Waals surface area contributed by atoms with E-state index < -0.39 is 0 Å². The molecule has 2 heterocycles. The molecule has 2 aromatic rings. The number of hydrogen-bond acceptors (Lipinski definition) is 6. The van der Waals surface area contributed by atoms with Gasteiger partial charge >= 0.3 is 0 Å². The van der Waals surface area contributed by atoms with Crippen LogP contribution in [0.3, 0.4) is 0 Å². The van der Waals surface area contributed by atoms with E-state index in [0.717, 1.165) is 19.0 Å². The Kier molecular flexibility index (Phi) is 5.78. The van der Waals surface area contributed by atoms with E-state index in [1.54, 1.807) is 18.2 Å². The molecule has 138 valence electrons. The van der Waals surface area contributed by atoms with Crippen LogP contribution in [0.5, 0.6) is 11.5 Å². The van der Waals surface area contributed by atoms with Gasteiger partial charge in [-0.2, -0.15) is 5.10 Å². The minimum Gasteiger partial charge on any atom is -0.497 e. The lowest BCUT2D eigenvalue weighted by Crippen LogP contribution is -2.28. The Morgan fingerprint density at radius 2 is 1.81 bits per heavy atom. The molecule has 0 atom stereocenters. The first-order valence-corrected chi connectivity index (χ1v) is 8.61. The van der Waals surface area contributed by atoms with Gasteiger partial charge in [-0.3, -0.25) is 4.79 Å². The molecule has 1 amide bonds. The third-order valence-corrected chi connectivity index (χ3v) is 4.25. The maximum Gasteiger partial charge on any atom is 0.271 e. The van der Waals surface area contributed by atoms with Crippen LogP contribution in [0.4, 0.5) is 5.88 Å². The number of carbonyl (C=O) groups excluding carboxylic acids is 1. The fraction of sp³-hybridized carbons (Fsp3) is 0.368. The standard InChI is InChI=1S/C19H23N3O4/c1-24-16-10-14(11-17(12-16)25-2)19(23)21-20-13-15-6-7-18(26-15)22-8-4-3-5-9-22/h6-7,10-13H,3-5,8-9H2,1-2H3,(H,21,23). The number of hydrazone groups is 1. The van der Waals surface area contributed by atoms with Crippen LogP contribution >= 0.6 is 0 Å². The smallest absolute Gasteiger partial charge is 0.271 e. The summed E-state index contributed by atoms with van der Waals surface area (Å²) in [6.45, 7) is 2.02. The van der Waals surface area contributed by atoms with Gasteiger partial charge in [0.15, 0.2) is 5.88 Å². The van der Waals surface area contributed by atoms with Gasteiger partial charge in [0.25, 0.3) is 5.91 Å². The molecule has 0 saturated carbocycles. The molecule has 1 fully saturated rings. The van der Waals surface area contributed by atoms with E-state index >= 15 is 0 Å². The van der Waals surface area contributed by atoms with Gasteiger partial charge in [0.2, 0.25) is 0 Å². The molecule has 1 aliphatic heterocycles. The summed E-state index contributed by atoms with van der Waals surface area (Å²) in [6.07, 6.45) is 5.13. The van der Waals surface area contributed by atoms with Crippen molar-refractivity contribution in [2.24, 2.45) is 5.10 Å². The monoisotopic (exact) mass is 357 g/mol. The Bertz CT molecular complexity index is 757. The van der Waals surface area contributed by atoms with E-state index in [2.05, 4.69) is 15.4 Å². The van der Waals surface area contributed by atoms with Crippen LogP contribution in [0.25, 0.3) is 0 Å². The van der Waals surface area contributed by atoms with Crippen molar-refractivity contribution in [3.8, 4) is 11.5 Å². The van der Waals surface area contributed by atoms with Crippen molar-refractivity contribution in [3.63, 3.8) is 0 Å². The van der Waals surface area contributed by atoms with Crippen LogP contribution in [0, 0.1) is 0 Å². The molecule has 0 radical (unpaired) electrons. The molecule has 3 rings (SSSR count). The summed E-state index contributed by atoms with van der Waals surface area (Å²) in [5.74, 6) is 2.15. The molecule has 1 aliphatic rings. The molecule has 1 saturated heterocycles. The summed E-state index contributed by atoms with van der Waals surface area (Å²) in [4.78, 5) is 14.5. The van der Waals surface area contributed by atoms with Crippen LogP contribution in [0.2, 0.25) is 0 Å². The Hall–Kier alpha value is -2.96. The van der Waals surface area contributed by atoms with Crippen LogP contribution in [-0.4, -0.2) is 39.4 Å². The Morgan fingerprint density at radius 1 is 1.12 bits per heavy atom. The lowest BCUT2D eigenvalue weighted by Gasteiger charge is -2.25. The second-order valence-electron chi connectivity index (χ2n) is 6.02. The summed E-state index contributed by atoms with van der Waals surface area (Å²) < 4.78 is 16.1. The molecule has 0 bridgehead atoms. The Labute approximate surface area is 152 Å². The van der Waals surface area contributed by atoms with Gasteiger partial charge in [0.05, 0.1) is 20.4 Å². The van der Waals surface area contributed by atoms with Crippen molar-refractivity contribution in [3.05, 3.63) is 41.7 Å². The zero-order valence-electron chi connectivity index (χ0n) is 15.0. The van der Waals surface area contributed by atoms with Crippen molar-refractivity contribution in [1.82, 2.24) is 5.43 Å². The normalized spacial score (nSPS) is 14.5. The van der Waals surface area contributed by atoms with E-state index in [1.807, 2.05) is 12.1 Å². The van der Waals surface area contributed by atoms with E-state index in [1.165, 1.54) is 39.7 Å². The number of furan rings is 1. The van der Waals surface area contributed by atoms with Crippen molar-refractivity contribution < 1.29 is 18.7 Å². The van der Waals surface area contributed by atoms with E-state index in [9.17, 15) is 4.79 Å². The second-order valence-corrected chi connectivity index (χ2v) is 6.02. The van der Waals surface area contributed by atoms with Crippen molar-refractivity contribution in [1.29, 1.82) is 0 Å². The second kappa shape index (κ2) is 8.42. The highest BCUT2D eigenvalue weighted by atomic mass is 16.5. The minimum atomic E-state index is -0.360. The average molecular weight is 357 g/mol. The molecular formula is C19H23N3O4. The molecule has 1 aromatic carbocycles. The molecule has 1 aromatic heterocycles. The molecule has 7 nitrogen and oxygen atoms in total. The molecule has 26 heavy (non-hydrogen) atoms. The van der Waals surface area contributed by atoms with Gasteiger partial charge in [0.1, 0.15) is 17.3 Å². The summed E-state index contributed by atoms with van der Waals surface area (Å²) in [7, 11) is 3.07. The number of piperidine rings is 1. The van der Waals surface area contributed by atoms with Gasteiger partial charge in [-0.1, -0.05) is 0 Å². The summed E-state index contributed by atoms with van der Waals surface area (Å²) in [5, 5.41) is 3.97. The highest BCUT2D eigenvalue weighted by Gasteiger charge is 2.14. The fourth-order valence-electron chi connectivity index (χ4n) is 2.85. The Balaban J connectivity index is 1.61. The number of benzene rings is 1. The average Bonchev–Trinajstić information content (AvgIpc) is 3.17. The van der Waals surface area contributed by atoms with Crippen molar-refractivity contribution in [2.75, 3.05) is 32.2 Å². The van der Waals surface area contributed by atoms with E-state index in [0.29, 0.717) is 22.8 Å². The number of hydrogen-bond donors (Lipinski definition) is 1. The summed E-state index contributed by atoms with van der Waals surface area (Å²) in [6, 6.07) is 8.71. The van der Waals surface area contributed by atoms with E-state index in [4.69, 9.17) is 13.9 Å². The lowest BCUT2D eigenvalue weighted by atomic mass is 10.1. The minimum absolute atomic E-state index is 0.360. The van der Waals surface area contributed by atoms with Gasteiger partial charge in [-0.15, -0.1) is 0 Å². The zero-order chi connectivity index (χ0) is 18.4. The van der Waals surface area contributed by atoms with Crippen LogP contribution in [0.15, 0.2) is 39.9 Å². The summed E-state index contributed by atoms with van der Waals surface area (Å²) >= 11 is 0. The first-order chi connectivity index (χ1) is 12.7. The molecule has 0 unspecified atom stereocenters. The van der Waals surface area contributed by atoms with Crippen molar-refractivity contribution in [2.45, 2.75) is 19.3 Å². The van der Waals surface area contributed by atoms with Crippen LogP contribution in [-0.2, 0) is 0 Å². The largest absolute Gasteiger partial charge is 0.497 e. The first-order valence-electron chi connectivity index (χ1n) is 8.61. The van der Waals surface area contributed by atoms with Gasteiger partial charge in [0, 0.05) is 30.8 Å². The van der Waals surface area contributed by atoms with E-state index in [-0.39, 0.29) is 5.91 Å². The van der Waals surface area contributed by atoms with Crippen LogP contribution < -0.4 is 19.8 Å². The molecule has 1 N–H and O–H groups in total. The number of nitrogens with one attached hydrogen (secondary N) is 1. The number of nitrogens with zero attached hydrogens (tertiary/aromatic N) is 2. The molecule has 7 heteroatoms. The maximum absolute atomic E-state index is 12.2. The number of anilines is 1. The summed E-state index contributed by atoms with van der Waals surface area (Å²) in [5.41, 5.74) is 2.88. The predicted octanol–water partition coefficient (Wildman–Crippen LogP) is 3.05. The SMILES string of the molecule is COc1cc(OC)cc(C(=O)NN=Cc2ccc(N3CCCCC3)o2)c1. The topological polar surface area (TPSA) is 76.3 Å². The number of amides is 1. The Morgan fingerprint density at radius 3 is 2.46 bits per heavy atom. The van der Waals surface area contributed by atoms with Gasteiger partial charge in [-0.25, -0.2) is 5.43 Å². The molecular weight excluding hydrogens is 334 g/mol. The third kappa shape index (κ3) is 4.36. The number of rotatable bonds is 6. The highest BCUT2D eigenvalue weighted by molar-refractivity contribution is 5.95. The lowest BCUT2D eigenvalue weighted by molar-refractivity contribution is 0.0954. The number of ether oxygens (including phenoxy) is 2. The maximum atomic E-state index is 12.2. The van der Waals surface area contributed by atoms with Gasteiger partial charge < -0.3 is 18.8 Å². The third-order valence-electron chi connectivity index (χ3n) is 4.25. The zero-order valence-corrected chi connectivity index (χ0v) is 15.0. The van der Waals surface area contributed by atoms with Crippen LogP contribution in [0.1, 0.15) is 35.4 Å². The van der Waals surface area contributed by atoms with Crippen molar-refractivity contribution >= 4 is 18.0 Å². The number of carbonyl (C=O) groups is 1. The predicted molar refractivity (Wildman–Crippen MR) is 99.4 cm³/mol. The fourth-order valence-corrected chi connectivity index (χ4v) is 2.85. The quantitative estimate of drug-likeness (QED) is 0.635. The van der Waals surface area contributed by atoms with Gasteiger partial charge in [-0.05, 0) is 37.5 Å². The highest BCUT2D eigenvalue weighted by Crippen LogP contribution is 2.23. The number of methoxy groups -OCH3 is 2. The molecule has 0 spiro atoms.